The molecule has 0 aliphatic carbocycles. The van der Waals surface area contributed by atoms with Gasteiger partial charge in [-0.2, -0.15) is 0 Å². The Hall–Kier alpha value is -2.21. The average molecular weight is 360 g/mol. The monoisotopic (exact) mass is 360 g/mol. The van der Waals surface area contributed by atoms with Gasteiger partial charge < -0.3 is 20.1 Å². The number of carbonyl (C=O) groups excluding carboxylic acids is 1. The number of phenols is 1. The molecule has 0 unspecified atom stereocenters. The van der Waals surface area contributed by atoms with Crippen molar-refractivity contribution in [3.8, 4) is 21.9 Å². The first-order valence-electron chi connectivity index (χ1n) is 8.59. The number of phenolic OH excluding ortho intramolecular Hbond substituents is 1. The number of carbonyl (C=O) groups is 1. The van der Waals surface area contributed by atoms with Crippen LogP contribution in [0.25, 0.3) is 10.4 Å². The van der Waals surface area contributed by atoms with Crippen LogP contribution in [-0.2, 0) is 6.54 Å². The first-order valence-corrected chi connectivity index (χ1v) is 9.40. The van der Waals surface area contributed by atoms with Gasteiger partial charge in [0.1, 0.15) is 6.61 Å². The van der Waals surface area contributed by atoms with E-state index in [1.54, 1.807) is 22.3 Å². The normalized spacial score (nSPS) is 15.1. The summed E-state index contributed by atoms with van der Waals surface area (Å²) in [5.41, 5.74) is 1.78. The topological polar surface area (TPSA) is 61.8 Å². The lowest BCUT2D eigenvalue weighted by atomic mass is 10.1. The van der Waals surface area contributed by atoms with Gasteiger partial charge in [-0.05, 0) is 50.1 Å². The molecule has 5 nitrogen and oxygen atoms in total. The molecule has 0 bridgehead atoms. The Bertz CT molecular complexity index is 772. The number of amides is 2. The molecule has 0 radical (unpaired) electrons. The van der Waals surface area contributed by atoms with E-state index < -0.39 is 0 Å². The van der Waals surface area contributed by atoms with Crippen LogP contribution in [0.15, 0.2) is 24.3 Å². The van der Waals surface area contributed by atoms with Crippen LogP contribution in [0.2, 0.25) is 0 Å². The smallest absolute Gasteiger partial charge is 0.318 e. The zero-order chi connectivity index (χ0) is 18.0. The van der Waals surface area contributed by atoms with E-state index in [4.69, 9.17) is 4.74 Å². The van der Waals surface area contributed by atoms with Gasteiger partial charge in [-0.25, -0.2) is 4.79 Å². The van der Waals surface area contributed by atoms with Gasteiger partial charge >= 0.3 is 6.03 Å². The standard InChI is InChI=1S/C19H24N2O3S/c1-4-12(2)20-19(23)21-7-8-24-18-15(11-21)9-14(10-16(18)22)17-6-5-13(3)25-17/h5-6,9-10,12,22H,4,7-8,11H2,1-3H3,(H,20,23)/t12-/m1/s1. The predicted octanol–water partition coefficient (Wildman–Crippen LogP) is 4.13. The van der Waals surface area contributed by atoms with E-state index in [1.165, 1.54) is 4.88 Å². The van der Waals surface area contributed by atoms with E-state index in [0.717, 1.165) is 22.4 Å². The summed E-state index contributed by atoms with van der Waals surface area (Å²) in [7, 11) is 0. The first-order chi connectivity index (χ1) is 12.0. The molecule has 0 spiro atoms. The van der Waals surface area contributed by atoms with Gasteiger partial charge in [-0.15, -0.1) is 11.3 Å². The highest BCUT2D eigenvalue weighted by Crippen LogP contribution is 2.39. The number of hydrogen-bond acceptors (Lipinski definition) is 4. The lowest BCUT2D eigenvalue weighted by Gasteiger charge is -2.23. The van der Waals surface area contributed by atoms with Crippen molar-refractivity contribution < 1.29 is 14.6 Å². The molecule has 0 fully saturated rings. The van der Waals surface area contributed by atoms with E-state index in [0.29, 0.717) is 25.4 Å². The number of hydrogen-bond donors (Lipinski definition) is 2. The Morgan fingerprint density at radius 1 is 1.44 bits per heavy atom. The number of aromatic hydroxyl groups is 1. The van der Waals surface area contributed by atoms with Crippen LogP contribution < -0.4 is 10.1 Å². The number of ether oxygens (including phenoxy) is 1. The van der Waals surface area contributed by atoms with Gasteiger partial charge in [-0.3, -0.25) is 0 Å². The Morgan fingerprint density at radius 2 is 2.24 bits per heavy atom. The van der Waals surface area contributed by atoms with Crippen molar-refractivity contribution in [2.45, 2.75) is 39.8 Å². The number of nitrogens with zero attached hydrogens (tertiary/aromatic N) is 1. The lowest BCUT2D eigenvalue weighted by molar-refractivity contribution is 0.184. The lowest BCUT2D eigenvalue weighted by Crippen LogP contribution is -2.44. The average Bonchev–Trinajstić information content (AvgIpc) is 2.89. The Labute approximate surface area is 152 Å². The summed E-state index contributed by atoms with van der Waals surface area (Å²) in [6, 6.07) is 7.89. The summed E-state index contributed by atoms with van der Waals surface area (Å²) < 4.78 is 5.72. The Balaban J connectivity index is 1.89. The highest BCUT2D eigenvalue weighted by molar-refractivity contribution is 7.15. The molecule has 2 heterocycles. The highest BCUT2D eigenvalue weighted by Gasteiger charge is 2.23. The molecule has 1 atom stereocenters. The third kappa shape index (κ3) is 3.90. The van der Waals surface area contributed by atoms with E-state index in [9.17, 15) is 9.90 Å². The second-order valence-electron chi connectivity index (χ2n) is 6.42. The van der Waals surface area contributed by atoms with Crippen molar-refractivity contribution in [1.82, 2.24) is 10.2 Å². The Kier molecular flexibility index (Phi) is 5.18. The highest BCUT2D eigenvalue weighted by atomic mass is 32.1. The van der Waals surface area contributed by atoms with Gasteiger partial charge in [0.05, 0.1) is 13.1 Å². The SMILES string of the molecule is CC[C@@H](C)NC(=O)N1CCOc2c(O)cc(-c3ccc(C)s3)cc2C1. The van der Waals surface area contributed by atoms with Crippen LogP contribution in [0.5, 0.6) is 11.5 Å². The maximum absolute atomic E-state index is 12.5. The van der Waals surface area contributed by atoms with Crippen molar-refractivity contribution >= 4 is 17.4 Å². The first kappa shape index (κ1) is 17.6. The third-order valence-corrected chi connectivity index (χ3v) is 5.46. The minimum absolute atomic E-state index is 0.0948. The number of fused-ring (bicyclic) bond motifs is 1. The molecule has 0 saturated carbocycles. The summed E-state index contributed by atoms with van der Waals surface area (Å²) >= 11 is 1.68. The minimum Gasteiger partial charge on any atom is -0.504 e. The van der Waals surface area contributed by atoms with E-state index in [2.05, 4.69) is 18.3 Å². The van der Waals surface area contributed by atoms with Crippen LogP contribution >= 0.6 is 11.3 Å². The van der Waals surface area contributed by atoms with Crippen LogP contribution in [0.1, 0.15) is 30.7 Å². The molecule has 3 rings (SSSR count). The fourth-order valence-electron chi connectivity index (χ4n) is 2.81. The van der Waals surface area contributed by atoms with Crippen molar-refractivity contribution in [2.75, 3.05) is 13.2 Å². The molecule has 2 N–H and O–H groups in total. The molecule has 1 aromatic carbocycles. The minimum atomic E-state index is -0.0948. The summed E-state index contributed by atoms with van der Waals surface area (Å²) in [6.45, 7) is 7.36. The van der Waals surface area contributed by atoms with Crippen molar-refractivity contribution in [3.63, 3.8) is 0 Å². The third-order valence-electron chi connectivity index (χ3n) is 4.41. The predicted molar refractivity (Wildman–Crippen MR) is 100 cm³/mol. The number of benzene rings is 1. The molecule has 2 aromatic rings. The molecule has 1 aromatic heterocycles. The summed E-state index contributed by atoms with van der Waals surface area (Å²) in [5, 5.41) is 13.4. The molecule has 1 aliphatic heterocycles. The van der Waals surface area contributed by atoms with Gasteiger partial charge in [-0.1, -0.05) is 6.92 Å². The molecule has 25 heavy (non-hydrogen) atoms. The van der Waals surface area contributed by atoms with E-state index in [1.807, 2.05) is 26.0 Å². The van der Waals surface area contributed by atoms with E-state index in [-0.39, 0.29) is 17.8 Å². The van der Waals surface area contributed by atoms with Gasteiger partial charge in [0.2, 0.25) is 0 Å². The Morgan fingerprint density at radius 3 is 2.92 bits per heavy atom. The molecule has 2 amide bonds. The van der Waals surface area contributed by atoms with Gasteiger partial charge in [0.25, 0.3) is 0 Å². The summed E-state index contributed by atoms with van der Waals surface area (Å²) in [4.78, 5) is 16.5. The maximum Gasteiger partial charge on any atom is 0.318 e. The number of aryl methyl sites for hydroxylation is 1. The zero-order valence-corrected chi connectivity index (χ0v) is 15.7. The number of thiophene rings is 1. The second kappa shape index (κ2) is 7.35. The molecular formula is C19H24N2O3S. The van der Waals surface area contributed by atoms with Crippen molar-refractivity contribution in [3.05, 3.63) is 34.7 Å². The molecule has 134 valence electrons. The fourth-order valence-corrected chi connectivity index (χ4v) is 3.66. The van der Waals surface area contributed by atoms with Crippen molar-refractivity contribution in [1.29, 1.82) is 0 Å². The van der Waals surface area contributed by atoms with Crippen LogP contribution in [0.4, 0.5) is 4.79 Å². The summed E-state index contributed by atoms with van der Waals surface area (Å²) in [6.07, 6.45) is 0.884. The number of nitrogens with one attached hydrogen (secondary N) is 1. The second-order valence-corrected chi connectivity index (χ2v) is 7.71. The fraction of sp³-hybridized carbons (Fsp3) is 0.421. The number of urea groups is 1. The van der Waals surface area contributed by atoms with E-state index >= 15 is 0 Å². The van der Waals surface area contributed by atoms with Gasteiger partial charge in [0, 0.05) is 21.4 Å². The van der Waals surface area contributed by atoms with Crippen molar-refractivity contribution in [2.24, 2.45) is 0 Å². The molecule has 1 aliphatic rings. The zero-order valence-electron chi connectivity index (χ0n) is 14.8. The van der Waals surface area contributed by atoms with Crippen LogP contribution in [0, 0.1) is 6.92 Å². The van der Waals surface area contributed by atoms with Crippen LogP contribution in [-0.4, -0.2) is 35.2 Å². The molecule has 0 saturated heterocycles. The molecular weight excluding hydrogens is 336 g/mol. The van der Waals surface area contributed by atoms with Gasteiger partial charge in [0.15, 0.2) is 11.5 Å². The summed E-state index contributed by atoms with van der Waals surface area (Å²) in [5.74, 6) is 0.610. The van der Waals surface area contributed by atoms with Crippen LogP contribution in [0.3, 0.4) is 0 Å². The maximum atomic E-state index is 12.5. The largest absolute Gasteiger partial charge is 0.504 e. The number of rotatable bonds is 3. The molecule has 6 heteroatoms. The quantitative estimate of drug-likeness (QED) is 0.865.